The molecule has 3 rings (SSSR count). The molecule has 2 N–H and O–H groups in total. The average molecular weight is 326 g/mol. The Morgan fingerprint density at radius 1 is 1.13 bits per heavy atom. The van der Waals surface area contributed by atoms with Crippen molar-refractivity contribution in [3.8, 4) is 33.3 Å². The van der Waals surface area contributed by atoms with Crippen LogP contribution in [-0.2, 0) is 0 Å². The van der Waals surface area contributed by atoms with E-state index in [0.29, 0.717) is 18.0 Å². The molecule has 0 amide bonds. The highest BCUT2D eigenvalue weighted by molar-refractivity contribution is 7.13. The lowest BCUT2D eigenvalue weighted by Gasteiger charge is -2.07. The molecule has 5 heteroatoms. The second kappa shape index (κ2) is 6.71. The van der Waals surface area contributed by atoms with Gasteiger partial charge in [-0.15, -0.1) is 11.3 Å². The zero-order valence-corrected chi connectivity index (χ0v) is 13.9. The monoisotopic (exact) mass is 326 g/mol. The first-order chi connectivity index (χ1) is 11.2. The van der Waals surface area contributed by atoms with Crippen molar-refractivity contribution in [3.05, 3.63) is 47.8 Å². The van der Waals surface area contributed by atoms with Crippen LogP contribution in [0.5, 0.6) is 11.5 Å². The molecule has 0 saturated carbocycles. The van der Waals surface area contributed by atoms with Crippen LogP contribution in [0, 0.1) is 0 Å². The molecular formula is C18H18N2O2S. The number of methoxy groups -OCH3 is 1. The fraction of sp³-hybridized carbons (Fsp3) is 0.167. The van der Waals surface area contributed by atoms with Gasteiger partial charge in [-0.05, 0) is 37.3 Å². The van der Waals surface area contributed by atoms with Gasteiger partial charge in [-0.1, -0.05) is 12.1 Å². The van der Waals surface area contributed by atoms with E-state index in [2.05, 4.69) is 0 Å². The highest BCUT2D eigenvalue weighted by Gasteiger charge is 2.09. The Balaban J connectivity index is 1.91. The number of thiazole rings is 1. The molecule has 0 saturated heterocycles. The maximum atomic E-state index is 6.04. The van der Waals surface area contributed by atoms with E-state index < -0.39 is 0 Å². The molecule has 1 aromatic heterocycles. The minimum Gasteiger partial charge on any atom is -0.497 e. The first kappa shape index (κ1) is 15.4. The number of anilines is 1. The molecule has 0 unspecified atom stereocenters. The molecule has 2 aromatic carbocycles. The van der Waals surface area contributed by atoms with Gasteiger partial charge in [0.25, 0.3) is 0 Å². The Morgan fingerprint density at radius 3 is 2.74 bits per heavy atom. The molecule has 0 spiro atoms. The topological polar surface area (TPSA) is 57.4 Å². The van der Waals surface area contributed by atoms with Crippen LogP contribution < -0.4 is 15.2 Å². The second-order valence-electron chi connectivity index (χ2n) is 4.96. The number of hydrogen-bond acceptors (Lipinski definition) is 5. The first-order valence-corrected chi connectivity index (χ1v) is 8.22. The zero-order valence-electron chi connectivity index (χ0n) is 13.1. The Labute approximate surface area is 139 Å². The molecule has 0 radical (unpaired) electrons. The van der Waals surface area contributed by atoms with Crippen molar-refractivity contribution in [3.63, 3.8) is 0 Å². The van der Waals surface area contributed by atoms with E-state index in [0.717, 1.165) is 27.6 Å². The lowest BCUT2D eigenvalue weighted by Crippen LogP contribution is -1.96. The average Bonchev–Trinajstić information content (AvgIpc) is 3.07. The van der Waals surface area contributed by atoms with Gasteiger partial charge < -0.3 is 15.2 Å². The van der Waals surface area contributed by atoms with Crippen molar-refractivity contribution >= 4 is 17.0 Å². The number of nitrogen functional groups attached to an aromatic ring is 1. The fourth-order valence-electron chi connectivity index (χ4n) is 2.29. The summed E-state index contributed by atoms with van der Waals surface area (Å²) in [5.74, 6) is 1.53. The predicted molar refractivity (Wildman–Crippen MR) is 95.1 cm³/mol. The largest absolute Gasteiger partial charge is 0.497 e. The van der Waals surface area contributed by atoms with Crippen LogP contribution in [-0.4, -0.2) is 18.7 Å². The summed E-state index contributed by atoms with van der Waals surface area (Å²) in [6, 6.07) is 13.7. The highest BCUT2D eigenvalue weighted by atomic mass is 32.1. The van der Waals surface area contributed by atoms with Gasteiger partial charge in [-0.3, -0.25) is 0 Å². The van der Waals surface area contributed by atoms with Crippen LogP contribution >= 0.6 is 11.3 Å². The van der Waals surface area contributed by atoms with Crippen molar-refractivity contribution in [2.75, 3.05) is 19.5 Å². The van der Waals surface area contributed by atoms with Gasteiger partial charge in [0.1, 0.15) is 16.5 Å². The van der Waals surface area contributed by atoms with Crippen LogP contribution in [0.25, 0.3) is 21.8 Å². The molecule has 4 nitrogen and oxygen atoms in total. The lowest BCUT2D eigenvalue weighted by molar-refractivity contribution is 0.342. The summed E-state index contributed by atoms with van der Waals surface area (Å²) < 4.78 is 10.7. The van der Waals surface area contributed by atoms with E-state index in [4.69, 9.17) is 20.2 Å². The number of rotatable bonds is 5. The third-order valence-corrected chi connectivity index (χ3v) is 4.32. The van der Waals surface area contributed by atoms with Crippen molar-refractivity contribution in [2.24, 2.45) is 0 Å². The zero-order chi connectivity index (χ0) is 16.2. The summed E-state index contributed by atoms with van der Waals surface area (Å²) >= 11 is 1.59. The molecule has 0 fully saturated rings. The lowest BCUT2D eigenvalue weighted by atomic mass is 10.1. The normalized spacial score (nSPS) is 10.5. The van der Waals surface area contributed by atoms with Gasteiger partial charge >= 0.3 is 0 Å². The Bertz CT molecular complexity index is 814. The maximum absolute atomic E-state index is 6.04. The smallest absolute Gasteiger partial charge is 0.142 e. The highest BCUT2D eigenvalue weighted by Crippen LogP contribution is 2.33. The molecule has 3 aromatic rings. The van der Waals surface area contributed by atoms with Crippen molar-refractivity contribution < 1.29 is 9.47 Å². The molecule has 0 aliphatic heterocycles. The number of benzene rings is 2. The van der Waals surface area contributed by atoms with Crippen molar-refractivity contribution in [1.29, 1.82) is 0 Å². The Kier molecular flexibility index (Phi) is 4.48. The van der Waals surface area contributed by atoms with Gasteiger partial charge in [-0.2, -0.15) is 0 Å². The summed E-state index contributed by atoms with van der Waals surface area (Å²) in [5.41, 5.74) is 9.61. The predicted octanol–water partition coefficient (Wildman–Crippen LogP) is 4.47. The van der Waals surface area contributed by atoms with Gasteiger partial charge in [0.2, 0.25) is 0 Å². The van der Waals surface area contributed by atoms with Crippen LogP contribution in [0.2, 0.25) is 0 Å². The van der Waals surface area contributed by atoms with Crippen LogP contribution in [0.3, 0.4) is 0 Å². The molecule has 0 bridgehead atoms. The number of aromatic nitrogens is 1. The van der Waals surface area contributed by atoms with Crippen LogP contribution in [0.15, 0.2) is 47.8 Å². The first-order valence-electron chi connectivity index (χ1n) is 7.34. The Morgan fingerprint density at radius 2 is 2.00 bits per heavy atom. The van der Waals surface area contributed by atoms with E-state index in [1.165, 1.54) is 0 Å². The quantitative estimate of drug-likeness (QED) is 0.703. The summed E-state index contributed by atoms with van der Waals surface area (Å²) in [5, 5.41) is 2.97. The molecular weight excluding hydrogens is 308 g/mol. The Hall–Kier alpha value is -2.53. The van der Waals surface area contributed by atoms with E-state index in [1.807, 2.05) is 54.8 Å². The summed E-state index contributed by atoms with van der Waals surface area (Å²) in [7, 11) is 1.66. The van der Waals surface area contributed by atoms with Crippen LogP contribution in [0.1, 0.15) is 6.92 Å². The molecule has 118 valence electrons. The molecule has 0 aliphatic carbocycles. The molecule has 0 aliphatic rings. The molecule has 23 heavy (non-hydrogen) atoms. The fourth-order valence-corrected chi connectivity index (χ4v) is 3.12. The van der Waals surface area contributed by atoms with Crippen molar-refractivity contribution in [1.82, 2.24) is 4.98 Å². The van der Waals surface area contributed by atoms with Gasteiger partial charge in [0.05, 0.1) is 25.1 Å². The number of nitrogens with zero attached hydrogens (tertiary/aromatic N) is 1. The van der Waals surface area contributed by atoms with Gasteiger partial charge in [0.15, 0.2) is 0 Å². The maximum Gasteiger partial charge on any atom is 0.142 e. The van der Waals surface area contributed by atoms with E-state index in [-0.39, 0.29) is 0 Å². The SMILES string of the molecule is CCOc1ccc(-c2nc(-c3cccc(OC)c3)cs2)cc1N. The molecule has 0 atom stereocenters. The minimum absolute atomic E-state index is 0.598. The second-order valence-corrected chi connectivity index (χ2v) is 5.81. The third kappa shape index (κ3) is 3.29. The number of ether oxygens (including phenoxy) is 2. The van der Waals surface area contributed by atoms with Gasteiger partial charge in [-0.25, -0.2) is 4.98 Å². The standard InChI is InChI=1S/C18H18N2O2S/c1-3-22-17-8-7-13(10-15(17)19)18-20-16(11-23-18)12-5-4-6-14(9-12)21-2/h4-11H,3,19H2,1-2H3. The number of hydrogen-bond donors (Lipinski definition) is 1. The third-order valence-electron chi connectivity index (χ3n) is 3.43. The minimum atomic E-state index is 0.598. The van der Waals surface area contributed by atoms with Gasteiger partial charge in [0, 0.05) is 16.5 Å². The van der Waals surface area contributed by atoms with E-state index in [1.54, 1.807) is 18.4 Å². The number of nitrogens with two attached hydrogens (primary N) is 1. The summed E-state index contributed by atoms with van der Waals surface area (Å²) in [4.78, 5) is 4.71. The van der Waals surface area contributed by atoms with Crippen LogP contribution in [0.4, 0.5) is 5.69 Å². The molecule has 1 heterocycles. The summed E-state index contributed by atoms with van der Waals surface area (Å²) in [6.45, 7) is 2.54. The van der Waals surface area contributed by atoms with E-state index >= 15 is 0 Å². The van der Waals surface area contributed by atoms with Crippen molar-refractivity contribution in [2.45, 2.75) is 6.92 Å². The summed E-state index contributed by atoms with van der Waals surface area (Å²) in [6.07, 6.45) is 0. The van der Waals surface area contributed by atoms with E-state index in [9.17, 15) is 0 Å².